The number of nitrogens with one attached hydrogen (secondary N) is 1. The summed E-state index contributed by atoms with van der Waals surface area (Å²) >= 11 is 4.63. The van der Waals surface area contributed by atoms with E-state index >= 15 is 0 Å². The summed E-state index contributed by atoms with van der Waals surface area (Å²) in [4.78, 5) is 2.26. The summed E-state index contributed by atoms with van der Waals surface area (Å²) in [5.74, 6) is 0.415. The first-order valence-electron chi connectivity index (χ1n) is 6.32. The lowest BCUT2D eigenvalue weighted by atomic mass is 9.99. The smallest absolute Gasteiger partial charge is 0.250 e. The van der Waals surface area contributed by atoms with E-state index in [9.17, 15) is 8.42 Å². The van der Waals surface area contributed by atoms with Gasteiger partial charge in [-0.2, -0.15) is 0 Å². The monoisotopic (exact) mass is 366 g/mol. The standard InChI is InChI=1S/C12H19BrN2O2S2/c1-9-6-11(18-12(9)13)19(16,17)14-7-10-4-3-5-15(2)8-10/h6,10,14H,3-5,7-8H2,1-2H3. The molecule has 1 aromatic rings. The second-order valence-corrected chi connectivity index (χ2v) is 9.51. The van der Waals surface area contributed by atoms with Crippen molar-refractivity contribution in [2.75, 3.05) is 26.7 Å². The van der Waals surface area contributed by atoms with Crippen LogP contribution in [0.5, 0.6) is 0 Å². The molecule has 0 aliphatic carbocycles. The summed E-state index contributed by atoms with van der Waals surface area (Å²) < 4.78 is 28.4. The van der Waals surface area contributed by atoms with Gasteiger partial charge in [-0.3, -0.25) is 0 Å². The summed E-state index contributed by atoms with van der Waals surface area (Å²) in [6.07, 6.45) is 2.24. The van der Waals surface area contributed by atoms with Gasteiger partial charge in [0.15, 0.2) is 0 Å². The molecule has 1 aliphatic heterocycles. The van der Waals surface area contributed by atoms with Gasteiger partial charge < -0.3 is 4.90 Å². The van der Waals surface area contributed by atoms with E-state index in [0.29, 0.717) is 16.7 Å². The van der Waals surface area contributed by atoms with Crippen molar-refractivity contribution in [3.8, 4) is 0 Å². The number of hydrogen-bond acceptors (Lipinski definition) is 4. The average molecular weight is 367 g/mol. The van der Waals surface area contributed by atoms with Gasteiger partial charge in [-0.25, -0.2) is 13.1 Å². The average Bonchev–Trinajstić information content (AvgIpc) is 2.68. The Hall–Kier alpha value is 0.0500. The molecule has 1 unspecified atom stereocenters. The van der Waals surface area contributed by atoms with Crippen LogP contribution >= 0.6 is 27.3 Å². The van der Waals surface area contributed by atoms with Crippen LogP contribution in [0.4, 0.5) is 0 Å². The first-order chi connectivity index (χ1) is 8.88. The molecule has 1 fully saturated rings. The molecule has 1 aromatic heterocycles. The van der Waals surface area contributed by atoms with Gasteiger partial charge in [0.25, 0.3) is 0 Å². The molecule has 0 saturated carbocycles. The van der Waals surface area contributed by atoms with E-state index in [0.717, 1.165) is 35.3 Å². The van der Waals surface area contributed by atoms with Crippen LogP contribution in [0.2, 0.25) is 0 Å². The maximum Gasteiger partial charge on any atom is 0.250 e. The molecule has 19 heavy (non-hydrogen) atoms. The highest BCUT2D eigenvalue weighted by atomic mass is 79.9. The first-order valence-corrected chi connectivity index (χ1v) is 9.42. The molecule has 2 heterocycles. The lowest BCUT2D eigenvalue weighted by Gasteiger charge is -2.29. The molecule has 7 heteroatoms. The van der Waals surface area contributed by atoms with Crippen molar-refractivity contribution in [1.29, 1.82) is 0 Å². The number of sulfonamides is 1. The molecule has 1 N–H and O–H groups in total. The lowest BCUT2D eigenvalue weighted by Crippen LogP contribution is -2.38. The van der Waals surface area contributed by atoms with Crippen LogP contribution in [0.25, 0.3) is 0 Å². The van der Waals surface area contributed by atoms with Gasteiger partial charge in [-0.05, 0) is 66.8 Å². The van der Waals surface area contributed by atoms with Gasteiger partial charge in [-0.15, -0.1) is 11.3 Å². The third-order valence-corrected chi connectivity index (χ3v) is 7.42. The number of nitrogens with zero attached hydrogens (tertiary/aromatic N) is 1. The third-order valence-electron chi connectivity index (χ3n) is 3.38. The van der Waals surface area contributed by atoms with Crippen molar-refractivity contribution in [3.63, 3.8) is 0 Å². The molecule has 1 aliphatic rings. The summed E-state index contributed by atoms with van der Waals surface area (Å²) in [5.41, 5.74) is 0.961. The number of rotatable bonds is 4. The Kier molecular flexibility index (Phi) is 5.05. The van der Waals surface area contributed by atoms with E-state index in [-0.39, 0.29) is 0 Å². The van der Waals surface area contributed by atoms with E-state index in [1.165, 1.54) is 11.3 Å². The quantitative estimate of drug-likeness (QED) is 0.889. The van der Waals surface area contributed by atoms with Crippen molar-refractivity contribution >= 4 is 37.3 Å². The lowest BCUT2D eigenvalue weighted by molar-refractivity contribution is 0.211. The van der Waals surface area contributed by atoms with Crippen LogP contribution in [0.15, 0.2) is 14.1 Å². The molecule has 4 nitrogen and oxygen atoms in total. The molecule has 0 radical (unpaired) electrons. The molecule has 108 valence electrons. The molecule has 0 aromatic carbocycles. The molecule has 1 atom stereocenters. The van der Waals surface area contributed by atoms with Gasteiger partial charge in [0.2, 0.25) is 10.0 Å². The van der Waals surface area contributed by atoms with E-state index in [1.807, 2.05) is 6.92 Å². The molecule has 0 bridgehead atoms. The first kappa shape index (κ1) is 15.4. The van der Waals surface area contributed by atoms with E-state index in [4.69, 9.17) is 0 Å². The number of hydrogen-bond donors (Lipinski definition) is 1. The molecule has 0 amide bonds. The normalized spacial score (nSPS) is 21.7. The third kappa shape index (κ3) is 4.01. The largest absolute Gasteiger partial charge is 0.306 e. The number of likely N-dealkylation sites (tertiary alicyclic amines) is 1. The minimum Gasteiger partial charge on any atom is -0.306 e. The zero-order valence-electron chi connectivity index (χ0n) is 11.1. The molecule has 0 spiro atoms. The minimum atomic E-state index is -3.36. The summed E-state index contributed by atoms with van der Waals surface area (Å²) in [6.45, 7) is 4.51. The van der Waals surface area contributed by atoms with Crippen LogP contribution in [0.3, 0.4) is 0 Å². The number of aryl methyl sites for hydroxylation is 1. The molecular formula is C12H19BrN2O2S2. The number of halogens is 1. The highest BCUT2D eigenvalue weighted by Crippen LogP contribution is 2.30. The Balaban J connectivity index is 1.98. The fourth-order valence-corrected chi connectivity index (χ4v) is 5.69. The van der Waals surface area contributed by atoms with Gasteiger partial charge in [0.05, 0.1) is 3.79 Å². The Labute approximate surface area is 127 Å². The number of thiophene rings is 1. The van der Waals surface area contributed by atoms with Crippen molar-refractivity contribution in [2.45, 2.75) is 24.0 Å². The maximum atomic E-state index is 12.2. The predicted octanol–water partition coefficient (Wildman–Crippen LogP) is 2.44. The topological polar surface area (TPSA) is 49.4 Å². The van der Waals surface area contributed by atoms with E-state index in [1.54, 1.807) is 6.07 Å². The maximum absolute atomic E-state index is 12.2. The van der Waals surface area contributed by atoms with Gasteiger partial charge in [-0.1, -0.05) is 0 Å². The summed E-state index contributed by atoms with van der Waals surface area (Å²) in [7, 11) is -1.28. The Bertz CT molecular complexity index is 522. The van der Waals surface area contributed by atoms with E-state index in [2.05, 4.69) is 32.6 Å². The number of piperidine rings is 1. The molecule has 1 saturated heterocycles. The summed E-state index contributed by atoms with van der Waals surface area (Å²) in [5, 5.41) is 0. The molecular weight excluding hydrogens is 348 g/mol. The van der Waals surface area contributed by atoms with Gasteiger partial charge >= 0.3 is 0 Å². The van der Waals surface area contributed by atoms with Crippen LogP contribution < -0.4 is 4.72 Å². The van der Waals surface area contributed by atoms with Gasteiger partial charge in [0, 0.05) is 13.1 Å². The predicted molar refractivity (Wildman–Crippen MR) is 82.2 cm³/mol. The van der Waals surface area contributed by atoms with Crippen LogP contribution in [-0.2, 0) is 10.0 Å². The van der Waals surface area contributed by atoms with Crippen molar-refractivity contribution in [3.05, 3.63) is 15.4 Å². The fourth-order valence-electron chi connectivity index (χ4n) is 2.30. The summed E-state index contributed by atoms with van der Waals surface area (Å²) in [6, 6.07) is 1.71. The highest BCUT2D eigenvalue weighted by molar-refractivity contribution is 9.11. The second-order valence-electron chi connectivity index (χ2n) is 5.14. The van der Waals surface area contributed by atoms with Crippen LogP contribution in [0.1, 0.15) is 18.4 Å². The van der Waals surface area contributed by atoms with Crippen LogP contribution in [0, 0.1) is 12.8 Å². The van der Waals surface area contributed by atoms with Crippen LogP contribution in [-0.4, -0.2) is 40.0 Å². The van der Waals surface area contributed by atoms with Crippen molar-refractivity contribution in [1.82, 2.24) is 9.62 Å². The fraction of sp³-hybridized carbons (Fsp3) is 0.667. The van der Waals surface area contributed by atoms with Crippen molar-refractivity contribution in [2.24, 2.45) is 5.92 Å². The Morgan fingerprint density at radius 2 is 2.32 bits per heavy atom. The zero-order valence-corrected chi connectivity index (χ0v) is 14.4. The highest BCUT2D eigenvalue weighted by Gasteiger charge is 2.22. The van der Waals surface area contributed by atoms with Crippen molar-refractivity contribution < 1.29 is 8.42 Å². The molecule has 2 rings (SSSR count). The van der Waals surface area contributed by atoms with E-state index < -0.39 is 10.0 Å². The Morgan fingerprint density at radius 3 is 2.89 bits per heavy atom. The Morgan fingerprint density at radius 1 is 1.58 bits per heavy atom. The van der Waals surface area contributed by atoms with Gasteiger partial charge in [0.1, 0.15) is 4.21 Å². The SMILES string of the molecule is Cc1cc(S(=O)(=O)NCC2CCCN(C)C2)sc1Br. The minimum absolute atomic E-state index is 0.390. The second kappa shape index (κ2) is 6.22. The zero-order chi connectivity index (χ0) is 14.0.